The number of carbonyl (C=O) groups is 1. The number of nitrogens with two attached hydrogens (primary N) is 1. The summed E-state index contributed by atoms with van der Waals surface area (Å²) in [5.74, 6) is 0.0325. The molecule has 5 heteroatoms. The van der Waals surface area contributed by atoms with E-state index in [1.807, 2.05) is 6.92 Å². The Labute approximate surface area is 76.4 Å². The summed E-state index contributed by atoms with van der Waals surface area (Å²) in [4.78, 5) is 18.9. The number of hydrogen-bond donors (Lipinski definition) is 2. The van der Waals surface area contributed by atoms with Crippen molar-refractivity contribution in [2.45, 2.75) is 19.4 Å². The monoisotopic (exact) mass is 180 g/mol. The Bertz CT molecular complexity index is 275. The maximum Gasteiger partial charge on any atom is 0.243 e. The number of nitrogens with one attached hydrogen (secondary N) is 1. The molecule has 0 saturated heterocycles. The Hall–Kier alpha value is -1.49. The third kappa shape index (κ3) is 2.79. The second-order valence-electron chi connectivity index (χ2n) is 2.58. The molecular weight excluding hydrogens is 168 g/mol. The number of hydrogen-bond acceptors (Lipinski definition) is 4. The fourth-order valence-electron chi connectivity index (χ4n) is 0.752. The van der Waals surface area contributed by atoms with Crippen LogP contribution in [0.25, 0.3) is 0 Å². The van der Waals surface area contributed by atoms with Crippen LogP contribution in [0.1, 0.15) is 13.3 Å². The van der Waals surface area contributed by atoms with Gasteiger partial charge in [-0.2, -0.15) is 0 Å². The standard InChI is InChI=1S/C8H12N4O/c1-2-6(9)7(13)12-8-10-4-3-5-11-8/h3-6H,2,9H2,1H3,(H,10,11,12,13)/t6-/m0/s1. The molecule has 1 rings (SSSR count). The highest BCUT2D eigenvalue weighted by atomic mass is 16.2. The molecule has 1 amide bonds. The molecule has 0 saturated carbocycles. The van der Waals surface area contributed by atoms with Crippen molar-refractivity contribution in [2.24, 2.45) is 5.73 Å². The number of amides is 1. The third-order valence-electron chi connectivity index (χ3n) is 1.58. The van der Waals surface area contributed by atoms with Gasteiger partial charge in [0, 0.05) is 12.4 Å². The first-order valence-corrected chi connectivity index (χ1v) is 4.07. The van der Waals surface area contributed by atoms with Gasteiger partial charge >= 0.3 is 0 Å². The van der Waals surface area contributed by atoms with Crippen molar-refractivity contribution in [3.05, 3.63) is 18.5 Å². The molecule has 1 atom stereocenters. The Morgan fingerprint density at radius 3 is 2.77 bits per heavy atom. The highest BCUT2D eigenvalue weighted by Crippen LogP contribution is 1.96. The first kappa shape index (κ1) is 9.60. The van der Waals surface area contributed by atoms with Crippen LogP contribution in [0.2, 0.25) is 0 Å². The lowest BCUT2D eigenvalue weighted by atomic mass is 10.2. The van der Waals surface area contributed by atoms with Gasteiger partial charge in [0.25, 0.3) is 0 Å². The molecule has 0 fully saturated rings. The van der Waals surface area contributed by atoms with Crippen LogP contribution in [0, 0.1) is 0 Å². The Morgan fingerprint density at radius 1 is 1.62 bits per heavy atom. The highest BCUT2D eigenvalue weighted by Gasteiger charge is 2.11. The van der Waals surface area contributed by atoms with E-state index < -0.39 is 6.04 Å². The molecule has 0 aliphatic heterocycles. The van der Waals surface area contributed by atoms with Gasteiger partial charge in [-0.1, -0.05) is 6.92 Å². The summed E-state index contributed by atoms with van der Waals surface area (Å²) in [5, 5.41) is 2.51. The predicted molar refractivity (Wildman–Crippen MR) is 48.9 cm³/mol. The molecule has 13 heavy (non-hydrogen) atoms. The minimum atomic E-state index is -0.496. The minimum Gasteiger partial charge on any atom is -0.320 e. The summed E-state index contributed by atoms with van der Waals surface area (Å²) in [7, 11) is 0. The summed E-state index contributed by atoms with van der Waals surface area (Å²) < 4.78 is 0. The molecule has 1 aromatic heterocycles. The van der Waals surface area contributed by atoms with Gasteiger partial charge in [-0.25, -0.2) is 9.97 Å². The fourth-order valence-corrected chi connectivity index (χ4v) is 0.752. The van der Waals surface area contributed by atoms with Crippen LogP contribution in [0.4, 0.5) is 5.95 Å². The number of rotatable bonds is 3. The molecule has 0 aliphatic rings. The summed E-state index contributed by atoms with van der Waals surface area (Å²) >= 11 is 0. The van der Waals surface area contributed by atoms with E-state index in [0.717, 1.165) is 0 Å². The topological polar surface area (TPSA) is 80.9 Å². The Balaban J connectivity index is 2.55. The summed E-state index contributed by atoms with van der Waals surface area (Å²) in [5.41, 5.74) is 5.50. The smallest absolute Gasteiger partial charge is 0.243 e. The van der Waals surface area contributed by atoms with Gasteiger partial charge < -0.3 is 5.73 Å². The molecule has 0 unspecified atom stereocenters. The molecule has 1 aromatic rings. The van der Waals surface area contributed by atoms with E-state index in [9.17, 15) is 4.79 Å². The van der Waals surface area contributed by atoms with E-state index in [-0.39, 0.29) is 11.9 Å². The predicted octanol–water partition coefficient (Wildman–Crippen LogP) is 0.152. The first-order valence-electron chi connectivity index (χ1n) is 4.07. The summed E-state index contributed by atoms with van der Waals surface area (Å²) in [6, 6.07) is 1.18. The minimum absolute atomic E-state index is 0.256. The number of nitrogens with zero attached hydrogens (tertiary/aromatic N) is 2. The Kier molecular flexibility index (Phi) is 3.33. The van der Waals surface area contributed by atoms with Gasteiger partial charge in [0.15, 0.2) is 0 Å². The molecule has 0 radical (unpaired) electrons. The quantitative estimate of drug-likeness (QED) is 0.694. The zero-order chi connectivity index (χ0) is 9.68. The van der Waals surface area contributed by atoms with Crippen molar-refractivity contribution in [1.29, 1.82) is 0 Å². The molecule has 70 valence electrons. The van der Waals surface area contributed by atoms with Gasteiger partial charge in [-0.3, -0.25) is 10.1 Å². The first-order chi connectivity index (χ1) is 6.24. The van der Waals surface area contributed by atoms with Crippen molar-refractivity contribution in [3.8, 4) is 0 Å². The molecule has 5 nitrogen and oxygen atoms in total. The van der Waals surface area contributed by atoms with Gasteiger partial charge in [-0.15, -0.1) is 0 Å². The van der Waals surface area contributed by atoms with Gasteiger partial charge in [0.2, 0.25) is 11.9 Å². The number of aromatic nitrogens is 2. The third-order valence-corrected chi connectivity index (χ3v) is 1.58. The van der Waals surface area contributed by atoms with Crippen molar-refractivity contribution in [3.63, 3.8) is 0 Å². The van der Waals surface area contributed by atoms with Crippen LogP contribution >= 0.6 is 0 Å². The van der Waals surface area contributed by atoms with E-state index in [4.69, 9.17) is 5.73 Å². The van der Waals surface area contributed by atoms with Crippen molar-refractivity contribution >= 4 is 11.9 Å². The molecule has 1 heterocycles. The van der Waals surface area contributed by atoms with Gasteiger partial charge in [0.1, 0.15) is 0 Å². The zero-order valence-corrected chi connectivity index (χ0v) is 7.40. The molecule has 0 aliphatic carbocycles. The van der Waals surface area contributed by atoms with Crippen molar-refractivity contribution < 1.29 is 4.79 Å². The highest BCUT2D eigenvalue weighted by molar-refractivity contribution is 5.93. The maximum absolute atomic E-state index is 11.2. The van der Waals surface area contributed by atoms with Crippen LogP contribution in [-0.2, 0) is 4.79 Å². The normalized spacial score (nSPS) is 12.2. The van der Waals surface area contributed by atoms with Crippen LogP contribution in [0.3, 0.4) is 0 Å². The molecular formula is C8H12N4O. The van der Waals surface area contributed by atoms with E-state index in [1.165, 1.54) is 0 Å². The van der Waals surface area contributed by atoms with Gasteiger partial charge in [0.05, 0.1) is 6.04 Å². The lowest BCUT2D eigenvalue weighted by Crippen LogP contribution is -2.35. The summed E-state index contributed by atoms with van der Waals surface area (Å²) in [6.07, 6.45) is 3.71. The molecule has 3 N–H and O–H groups in total. The average molecular weight is 180 g/mol. The van der Waals surface area contributed by atoms with Gasteiger partial charge in [-0.05, 0) is 12.5 Å². The SMILES string of the molecule is CC[C@H](N)C(=O)Nc1ncccn1. The van der Waals surface area contributed by atoms with Crippen molar-refractivity contribution in [1.82, 2.24) is 9.97 Å². The fraction of sp³-hybridized carbons (Fsp3) is 0.375. The van der Waals surface area contributed by atoms with Crippen LogP contribution in [0.5, 0.6) is 0 Å². The van der Waals surface area contributed by atoms with Crippen LogP contribution in [-0.4, -0.2) is 21.9 Å². The van der Waals surface area contributed by atoms with Crippen LogP contribution in [0.15, 0.2) is 18.5 Å². The molecule has 0 bridgehead atoms. The Morgan fingerprint density at radius 2 is 2.23 bits per heavy atom. The van der Waals surface area contributed by atoms with Crippen LogP contribution < -0.4 is 11.1 Å². The lowest BCUT2D eigenvalue weighted by Gasteiger charge is -2.07. The van der Waals surface area contributed by atoms with E-state index in [1.54, 1.807) is 18.5 Å². The maximum atomic E-state index is 11.2. The second-order valence-corrected chi connectivity index (χ2v) is 2.58. The number of carbonyl (C=O) groups excluding carboxylic acids is 1. The lowest BCUT2D eigenvalue weighted by molar-refractivity contribution is -0.117. The second kappa shape index (κ2) is 4.51. The number of anilines is 1. The largest absolute Gasteiger partial charge is 0.320 e. The average Bonchev–Trinajstić information content (AvgIpc) is 2.18. The van der Waals surface area contributed by atoms with E-state index in [0.29, 0.717) is 6.42 Å². The zero-order valence-electron chi connectivity index (χ0n) is 7.40. The molecule has 0 spiro atoms. The van der Waals surface area contributed by atoms with Crippen molar-refractivity contribution in [2.75, 3.05) is 5.32 Å². The molecule has 0 aromatic carbocycles. The summed E-state index contributed by atoms with van der Waals surface area (Å²) in [6.45, 7) is 1.84. The van der Waals surface area contributed by atoms with E-state index in [2.05, 4.69) is 15.3 Å². The van der Waals surface area contributed by atoms with E-state index >= 15 is 0 Å².